The number of hydrogen-bond donors (Lipinski definition) is 1. The molecule has 3 heteroatoms. The molecule has 1 heterocycles. The third-order valence-electron chi connectivity index (χ3n) is 1.38. The van der Waals surface area contributed by atoms with Gasteiger partial charge in [0.1, 0.15) is 0 Å². The van der Waals surface area contributed by atoms with Gasteiger partial charge in [0.2, 0.25) is 0 Å². The lowest BCUT2D eigenvalue weighted by molar-refractivity contribution is 1.30. The van der Waals surface area contributed by atoms with Gasteiger partial charge in [0, 0.05) is 35.7 Å². The Kier molecular flexibility index (Phi) is 2.49. The van der Waals surface area contributed by atoms with Gasteiger partial charge in [-0.1, -0.05) is 18.2 Å². The largest absolute Gasteiger partial charge is 0.388 e. The Labute approximate surface area is 70.9 Å². The van der Waals surface area contributed by atoms with Gasteiger partial charge in [0.15, 0.2) is 0 Å². The van der Waals surface area contributed by atoms with Crippen LogP contribution < -0.4 is 5.32 Å². The average molecular weight is 169 g/mol. The Balaban J connectivity index is 3.12. The molecular weight excluding hydrogens is 160 g/mol. The normalized spacial score (nSPS) is 9.27. The summed E-state index contributed by atoms with van der Waals surface area (Å²) in [5.41, 5.74) is 1.79. The summed E-state index contributed by atoms with van der Waals surface area (Å²) in [6, 6.07) is 1.85. The molecule has 1 aromatic heterocycles. The van der Waals surface area contributed by atoms with Crippen molar-refractivity contribution in [1.82, 2.24) is 4.98 Å². The van der Waals surface area contributed by atoms with E-state index in [4.69, 9.17) is 11.6 Å². The lowest BCUT2D eigenvalue weighted by Gasteiger charge is -2.04. The second kappa shape index (κ2) is 3.39. The van der Waals surface area contributed by atoms with Gasteiger partial charge in [-0.05, 0) is 6.07 Å². The van der Waals surface area contributed by atoms with Gasteiger partial charge < -0.3 is 5.32 Å². The van der Waals surface area contributed by atoms with Crippen molar-refractivity contribution < 1.29 is 0 Å². The maximum absolute atomic E-state index is 5.71. The molecule has 0 bridgehead atoms. The molecule has 0 unspecified atom stereocenters. The van der Waals surface area contributed by atoms with Crippen LogP contribution in [0.5, 0.6) is 0 Å². The summed E-state index contributed by atoms with van der Waals surface area (Å²) in [4.78, 5) is 3.93. The smallest absolute Gasteiger partial charge is 0.0457 e. The summed E-state index contributed by atoms with van der Waals surface area (Å²) in [5, 5.41) is 3.49. The Morgan fingerprint density at radius 1 is 1.73 bits per heavy atom. The minimum absolute atomic E-state index is 0.502. The molecule has 0 saturated carbocycles. The van der Waals surface area contributed by atoms with Crippen LogP contribution in [0.25, 0.3) is 5.03 Å². The highest BCUT2D eigenvalue weighted by molar-refractivity contribution is 6.48. The first kappa shape index (κ1) is 8.08. The van der Waals surface area contributed by atoms with Crippen molar-refractivity contribution in [3.63, 3.8) is 0 Å². The molecule has 1 aromatic rings. The molecule has 1 N–H and O–H groups in total. The number of nitrogens with one attached hydrogen (secondary N) is 1. The topological polar surface area (TPSA) is 24.9 Å². The lowest BCUT2D eigenvalue weighted by Crippen LogP contribution is -1.92. The van der Waals surface area contributed by atoms with Crippen LogP contribution >= 0.6 is 11.6 Å². The minimum atomic E-state index is 0.502. The van der Waals surface area contributed by atoms with Crippen molar-refractivity contribution in [1.29, 1.82) is 0 Å². The van der Waals surface area contributed by atoms with E-state index in [1.165, 1.54) is 0 Å². The highest BCUT2D eigenvalue weighted by Crippen LogP contribution is 2.23. The predicted molar refractivity (Wildman–Crippen MR) is 48.7 cm³/mol. The van der Waals surface area contributed by atoms with Gasteiger partial charge in [-0.3, -0.25) is 4.98 Å². The first-order chi connectivity index (χ1) is 5.25. The van der Waals surface area contributed by atoms with Crippen LogP contribution in [0, 0.1) is 0 Å². The monoisotopic (exact) mass is 168 g/mol. The molecular formula is C8H9ClN2. The maximum atomic E-state index is 5.71. The molecule has 0 amide bonds. The third-order valence-corrected chi connectivity index (χ3v) is 1.59. The van der Waals surface area contributed by atoms with Crippen LogP contribution in [0.4, 0.5) is 5.69 Å². The molecule has 1 rings (SSSR count). The number of nitrogens with zero attached hydrogens (tertiary/aromatic N) is 1. The van der Waals surface area contributed by atoms with Gasteiger partial charge in [0.25, 0.3) is 0 Å². The van der Waals surface area contributed by atoms with Crippen LogP contribution in [0.1, 0.15) is 5.56 Å². The van der Waals surface area contributed by atoms with E-state index < -0.39 is 0 Å². The fraction of sp³-hybridized carbons (Fsp3) is 0.125. The first-order valence-electron chi connectivity index (χ1n) is 3.22. The summed E-state index contributed by atoms with van der Waals surface area (Å²) in [7, 11) is 1.83. The predicted octanol–water partition coefficient (Wildman–Crippen LogP) is 2.33. The number of rotatable bonds is 2. The van der Waals surface area contributed by atoms with Gasteiger partial charge in [-0.15, -0.1) is 0 Å². The van der Waals surface area contributed by atoms with Crippen LogP contribution in [0.3, 0.4) is 0 Å². The standard InChI is InChI=1S/C8H9ClN2/c1-6(9)7-5-11-4-3-8(7)10-2/h3-5H,1H2,2H3,(H,10,11). The highest BCUT2D eigenvalue weighted by atomic mass is 35.5. The van der Waals surface area contributed by atoms with E-state index in [2.05, 4.69) is 16.9 Å². The fourth-order valence-corrected chi connectivity index (χ4v) is 0.979. The summed E-state index contributed by atoms with van der Waals surface area (Å²) in [6.07, 6.45) is 3.39. The second-order valence-corrected chi connectivity index (χ2v) is 2.53. The first-order valence-corrected chi connectivity index (χ1v) is 3.60. The molecule has 0 radical (unpaired) electrons. The maximum Gasteiger partial charge on any atom is 0.0457 e. The van der Waals surface area contributed by atoms with Crippen molar-refractivity contribution in [2.45, 2.75) is 0 Å². The van der Waals surface area contributed by atoms with Crippen LogP contribution in [0.2, 0.25) is 0 Å². The van der Waals surface area contributed by atoms with E-state index in [0.717, 1.165) is 11.3 Å². The molecule has 0 aliphatic heterocycles. The summed E-state index contributed by atoms with van der Waals surface area (Å²) >= 11 is 5.71. The molecule has 11 heavy (non-hydrogen) atoms. The van der Waals surface area contributed by atoms with Crippen molar-refractivity contribution in [3.05, 3.63) is 30.6 Å². The zero-order valence-corrected chi connectivity index (χ0v) is 7.02. The van der Waals surface area contributed by atoms with Crippen molar-refractivity contribution in [3.8, 4) is 0 Å². The van der Waals surface area contributed by atoms with Crippen LogP contribution in [-0.2, 0) is 0 Å². The van der Waals surface area contributed by atoms with Gasteiger partial charge in [-0.25, -0.2) is 0 Å². The minimum Gasteiger partial charge on any atom is -0.388 e. The van der Waals surface area contributed by atoms with Gasteiger partial charge >= 0.3 is 0 Å². The van der Waals surface area contributed by atoms with E-state index in [1.807, 2.05) is 13.1 Å². The zero-order valence-electron chi connectivity index (χ0n) is 6.26. The summed E-state index contributed by atoms with van der Waals surface area (Å²) in [6.45, 7) is 3.62. The Hall–Kier alpha value is -1.02. The van der Waals surface area contributed by atoms with E-state index in [-0.39, 0.29) is 0 Å². The van der Waals surface area contributed by atoms with E-state index in [9.17, 15) is 0 Å². The van der Waals surface area contributed by atoms with E-state index in [0.29, 0.717) is 5.03 Å². The summed E-state index contributed by atoms with van der Waals surface area (Å²) in [5.74, 6) is 0. The third kappa shape index (κ3) is 1.71. The summed E-state index contributed by atoms with van der Waals surface area (Å²) < 4.78 is 0. The van der Waals surface area contributed by atoms with E-state index in [1.54, 1.807) is 12.4 Å². The SMILES string of the molecule is C=C(Cl)c1cnccc1NC. The molecule has 0 aliphatic rings. The number of hydrogen-bond acceptors (Lipinski definition) is 2. The molecule has 0 aliphatic carbocycles. The van der Waals surface area contributed by atoms with Crippen molar-refractivity contribution >= 4 is 22.3 Å². The quantitative estimate of drug-likeness (QED) is 0.733. The lowest BCUT2D eigenvalue weighted by atomic mass is 10.2. The number of aromatic nitrogens is 1. The van der Waals surface area contributed by atoms with Crippen molar-refractivity contribution in [2.24, 2.45) is 0 Å². The average Bonchev–Trinajstić information content (AvgIpc) is 2.04. The second-order valence-electron chi connectivity index (χ2n) is 2.08. The Bertz CT molecular complexity index is 271. The molecule has 0 spiro atoms. The van der Waals surface area contributed by atoms with Gasteiger partial charge in [-0.2, -0.15) is 0 Å². The molecule has 58 valence electrons. The molecule has 0 atom stereocenters. The number of halogens is 1. The Morgan fingerprint density at radius 3 is 2.91 bits per heavy atom. The van der Waals surface area contributed by atoms with E-state index >= 15 is 0 Å². The fourth-order valence-electron chi connectivity index (χ4n) is 0.829. The molecule has 0 fully saturated rings. The van der Waals surface area contributed by atoms with Crippen LogP contribution in [0.15, 0.2) is 25.0 Å². The highest BCUT2D eigenvalue weighted by Gasteiger charge is 2.00. The molecule has 2 nitrogen and oxygen atoms in total. The molecule has 0 aromatic carbocycles. The van der Waals surface area contributed by atoms with Gasteiger partial charge in [0.05, 0.1) is 0 Å². The Morgan fingerprint density at radius 2 is 2.45 bits per heavy atom. The zero-order chi connectivity index (χ0) is 8.27. The number of pyridine rings is 1. The molecule has 0 saturated heterocycles. The number of anilines is 1. The van der Waals surface area contributed by atoms with Crippen molar-refractivity contribution in [2.75, 3.05) is 12.4 Å². The van der Waals surface area contributed by atoms with Crippen LogP contribution in [-0.4, -0.2) is 12.0 Å².